The fourth-order valence-corrected chi connectivity index (χ4v) is 4.95. The summed E-state index contributed by atoms with van der Waals surface area (Å²) in [4.78, 5) is 19.6. The van der Waals surface area contributed by atoms with Gasteiger partial charge in [0, 0.05) is 37.0 Å². The van der Waals surface area contributed by atoms with Gasteiger partial charge in [0.25, 0.3) is 0 Å². The molecule has 1 amide bonds. The summed E-state index contributed by atoms with van der Waals surface area (Å²) in [5.41, 5.74) is 4.64. The highest BCUT2D eigenvalue weighted by Crippen LogP contribution is 2.24. The van der Waals surface area contributed by atoms with Crippen LogP contribution in [-0.2, 0) is 11.3 Å². The van der Waals surface area contributed by atoms with Crippen LogP contribution in [0.1, 0.15) is 30.4 Å². The summed E-state index contributed by atoms with van der Waals surface area (Å²) in [7, 11) is 0. The number of rotatable bonds is 6. The van der Waals surface area contributed by atoms with E-state index in [0.29, 0.717) is 18.5 Å². The number of nitrogens with zero attached hydrogens (tertiary/aromatic N) is 3. The van der Waals surface area contributed by atoms with E-state index in [2.05, 4.69) is 36.6 Å². The van der Waals surface area contributed by atoms with E-state index in [-0.39, 0.29) is 11.7 Å². The summed E-state index contributed by atoms with van der Waals surface area (Å²) in [6.07, 6.45) is 2.40. The normalized spacial score (nSPS) is 14.7. The summed E-state index contributed by atoms with van der Waals surface area (Å²) >= 11 is 1.52. The van der Waals surface area contributed by atoms with Crippen LogP contribution in [0.15, 0.2) is 52.8 Å². The SMILES string of the molecule is Cc1cc(C)cc(N=c2scc(-c3ccccc3F)n2CCCN2CCCC2=O)c1. The number of aromatic nitrogens is 1. The third-order valence-electron chi connectivity index (χ3n) is 5.36. The van der Waals surface area contributed by atoms with Crippen LogP contribution in [0.3, 0.4) is 0 Å². The maximum atomic E-state index is 14.5. The minimum absolute atomic E-state index is 0.236. The van der Waals surface area contributed by atoms with Gasteiger partial charge in [-0.25, -0.2) is 9.38 Å². The molecule has 0 saturated carbocycles. The lowest BCUT2D eigenvalue weighted by Crippen LogP contribution is -2.27. The van der Waals surface area contributed by atoms with Crippen LogP contribution in [0.5, 0.6) is 0 Å². The summed E-state index contributed by atoms with van der Waals surface area (Å²) in [5.74, 6) is -0.00323. The Kier molecular flexibility index (Phi) is 6.13. The second-order valence-electron chi connectivity index (χ2n) is 7.83. The van der Waals surface area contributed by atoms with Crippen LogP contribution >= 0.6 is 11.3 Å². The molecule has 0 radical (unpaired) electrons. The second kappa shape index (κ2) is 8.96. The number of hydrogen-bond acceptors (Lipinski definition) is 3. The lowest BCUT2D eigenvalue weighted by atomic mass is 10.1. The van der Waals surface area contributed by atoms with Crippen molar-refractivity contribution >= 4 is 22.9 Å². The number of carbonyl (C=O) groups excluding carboxylic acids is 1. The molecule has 1 aliphatic rings. The summed E-state index contributed by atoms with van der Waals surface area (Å²) in [6.45, 7) is 6.37. The van der Waals surface area contributed by atoms with Crippen LogP contribution in [0.25, 0.3) is 11.3 Å². The molecule has 156 valence electrons. The number of aryl methyl sites for hydroxylation is 2. The van der Waals surface area contributed by atoms with Gasteiger partial charge in [0.05, 0.1) is 11.4 Å². The summed E-state index contributed by atoms with van der Waals surface area (Å²) in [5, 5.41) is 1.97. The fourth-order valence-electron chi connectivity index (χ4n) is 4.01. The quantitative estimate of drug-likeness (QED) is 0.536. The highest BCUT2D eigenvalue weighted by Gasteiger charge is 2.19. The van der Waals surface area contributed by atoms with Gasteiger partial charge in [0.1, 0.15) is 5.82 Å². The third kappa shape index (κ3) is 4.54. The zero-order valence-electron chi connectivity index (χ0n) is 17.4. The van der Waals surface area contributed by atoms with Crippen molar-refractivity contribution in [2.45, 2.75) is 39.7 Å². The Morgan fingerprint density at radius 3 is 2.57 bits per heavy atom. The van der Waals surface area contributed by atoms with Crippen molar-refractivity contribution in [3.8, 4) is 11.3 Å². The maximum Gasteiger partial charge on any atom is 0.222 e. The number of likely N-dealkylation sites (tertiary alicyclic amines) is 1. The van der Waals surface area contributed by atoms with E-state index in [0.717, 1.165) is 42.1 Å². The largest absolute Gasteiger partial charge is 0.343 e. The van der Waals surface area contributed by atoms with E-state index >= 15 is 0 Å². The van der Waals surface area contributed by atoms with Crippen molar-refractivity contribution in [1.82, 2.24) is 9.47 Å². The van der Waals surface area contributed by atoms with Crippen molar-refractivity contribution in [2.24, 2.45) is 4.99 Å². The first-order valence-electron chi connectivity index (χ1n) is 10.4. The Morgan fingerprint density at radius 2 is 1.87 bits per heavy atom. The Bertz CT molecular complexity index is 1110. The highest BCUT2D eigenvalue weighted by atomic mass is 32.1. The monoisotopic (exact) mass is 423 g/mol. The maximum absolute atomic E-state index is 14.5. The van der Waals surface area contributed by atoms with Gasteiger partial charge in [-0.05, 0) is 62.1 Å². The minimum Gasteiger partial charge on any atom is -0.343 e. The predicted octanol–water partition coefficient (Wildman–Crippen LogP) is 5.22. The lowest BCUT2D eigenvalue weighted by molar-refractivity contribution is -0.127. The van der Waals surface area contributed by atoms with E-state index in [1.807, 2.05) is 16.3 Å². The minimum atomic E-state index is -0.239. The molecule has 1 aliphatic heterocycles. The molecule has 0 atom stereocenters. The molecule has 1 fully saturated rings. The molecule has 0 unspecified atom stereocenters. The smallest absolute Gasteiger partial charge is 0.222 e. The molecule has 1 saturated heterocycles. The number of amides is 1. The standard InChI is InChI=1S/C24H26FN3OS/c1-17-13-18(2)15-19(14-17)26-24-28(12-6-11-27-10-5-9-23(27)29)22(16-30-24)20-7-3-4-8-21(20)25/h3-4,7-8,13-16H,5-6,9-12H2,1-2H3. The molecule has 30 heavy (non-hydrogen) atoms. The number of thiazole rings is 1. The van der Waals surface area contributed by atoms with Gasteiger partial charge < -0.3 is 9.47 Å². The molecule has 0 bridgehead atoms. The molecule has 6 heteroatoms. The number of hydrogen-bond donors (Lipinski definition) is 0. The van der Waals surface area contributed by atoms with Crippen molar-refractivity contribution in [2.75, 3.05) is 13.1 Å². The molecule has 0 N–H and O–H groups in total. The van der Waals surface area contributed by atoms with Gasteiger partial charge in [-0.1, -0.05) is 18.2 Å². The van der Waals surface area contributed by atoms with E-state index in [1.54, 1.807) is 12.1 Å². The number of halogens is 1. The second-order valence-corrected chi connectivity index (χ2v) is 8.67. The Hall–Kier alpha value is -2.73. The molecular weight excluding hydrogens is 397 g/mol. The van der Waals surface area contributed by atoms with E-state index in [1.165, 1.54) is 28.5 Å². The van der Waals surface area contributed by atoms with Gasteiger partial charge >= 0.3 is 0 Å². The molecule has 4 rings (SSSR count). The van der Waals surface area contributed by atoms with Crippen molar-refractivity contribution in [1.29, 1.82) is 0 Å². The zero-order valence-corrected chi connectivity index (χ0v) is 18.2. The van der Waals surface area contributed by atoms with Crippen LogP contribution in [0.2, 0.25) is 0 Å². The molecule has 0 aliphatic carbocycles. The van der Waals surface area contributed by atoms with Crippen LogP contribution in [0, 0.1) is 19.7 Å². The first-order chi connectivity index (χ1) is 14.5. The van der Waals surface area contributed by atoms with Crippen molar-refractivity contribution in [3.63, 3.8) is 0 Å². The van der Waals surface area contributed by atoms with Gasteiger partial charge in [-0.3, -0.25) is 4.79 Å². The Morgan fingerprint density at radius 1 is 1.10 bits per heavy atom. The predicted molar refractivity (Wildman–Crippen MR) is 119 cm³/mol. The van der Waals surface area contributed by atoms with E-state index in [9.17, 15) is 9.18 Å². The highest BCUT2D eigenvalue weighted by molar-refractivity contribution is 7.07. The molecule has 4 nitrogen and oxygen atoms in total. The molecule has 0 spiro atoms. The molecule has 2 heterocycles. The van der Waals surface area contributed by atoms with E-state index in [4.69, 9.17) is 4.99 Å². The number of carbonyl (C=O) groups is 1. The summed E-state index contributed by atoms with van der Waals surface area (Å²) in [6, 6.07) is 13.1. The number of benzene rings is 2. The molecule has 3 aromatic rings. The topological polar surface area (TPSA) is 37.6 Å². The average Bonchev–Trinajstić information content (AvgIpc) is 3.28. The first kappa shape index (κ1) is 20.5. The van der Waals surface area contributed by atoms with Gasteiger partial charge in [0.15, 0.2) is 4.80 Å². The van der Waals surface area contributed by atoms with Crippen molar-refractivity contribution in [3.05, 3.63) is 69.6 Å². The van der Waals surface area contributed by atoms with E-state index < -0.39 is 0 Å². The fraction of sp³-hybridized carbons (Fsp3) is 0.333. The first-order valence-corrected chi connectivity index (χ1v) is 11.2. The molecule has 2 aromatic carbocycles. The molecular formula is C24H26FN3OS. The average molecular weight is 424 g/mol. The van der Waals surface area contributed by atoms with Gasteiger partial charge in [-0.2, -0.15) is 0 Å². The van der Waals surface area contributed by atoms with Crippen LogP contribution in [0.4, 0.5) is 10.1 Å². The van der Waals surface area contributed by atoms with Gasteiger partial charge in [-0.15, -0.1) is 11.3 Å². The third-order valence-corrected chi connectivity index (χ3v) is 6.22. The summed E-state index contributed by atoms with van der Waals surface area (Å²) < 4.78 is 16.6. The van der Waals surface area contributed by atoms with Crippen molar-refractivity contribution < 1.29 is 9.18 Å². The Balaban J connectivity index is 1.70. The van der Waals surface area contributed by atoms with Crippen LogP contribution in [-0.4, -0.2) is 28.5 Å². The molecule has 1 aromatic heterocycles. The Labute approximate surface area is 180 Å². The van der Waals surface area contributed by atoms with Crippen LogP contribution < -0.4 is 4.80 Å². The van der Waals surface area contributed by atoms with Gasteiger partial charge in [0.2, 0.25) is 5.91 Å². The zero-order chi connectivity index (χ0) is 21.1. The lowest BCUT2D eigenvalue weighted by Gasteiger charge is -2.16.